The van der Waals surface area contributed by atoms with Crippen molar-refractivity contribution in [2.75, 3.05) is 38.3 Å². The normalized spacial score (nSPS) is 27.9. The van der Waals surface area contributed by atoms with Crippen LogP contribution in [0.1, 0.15) is 20.3 Å². The molecule has 2 amide bonds. The molecule has 0 saturated carbocycles. The van der Waals surface area contributed by atoms with Crippen LogP contribution in [0, 0.1) is 17.6 Å². The number of amides is 2. The summed E-state index contributed by atoms with van der Waals surface area (Å²) in [5, 5.41) is 14.9. The minimum absolute atomic E-state index is 0.0167. The second-order valence-electron chi connectivity index (χ2n) is 8.09. The number of nitrogens with zero attached hydrogens (tertiary/aromatic N) is 2. The van der Waals surface area contributed by atoms with Gasteiger partial charge in [-0.3, -0.25) is 14.9 Å². The summed E-state index contributed by atoms with van der Waals surface area (Å²) < 4.78 is 32.3. The zero-order valence-corrected chi connectivity index (χ0v) is 17.3. The van der Waals surface area contributed by atoms with Gasteiger partial charge in [0.25, 0.3) is 0 Å². The van der Waals surface area contributed by atoms with Gasteiger partial charge in [-0.25, -0.2) is 8.78 Å². The Labute approximate surface area is 174 Å². The van der Waals surface area contributed by atoms with Crippen molar-refractivity contribution in [2.45, 2.75) is 38.2 Å². The van der Waals surface area contributed by atoms with Gasteiger partial charge >= 0.3 is 0 Å². The SMILES string of the molecule is COCC1(CC(C)C(=O)N2CCN(c3cc(F)cc(F)c3)[C@@H](C)C2)NC(O)NC1=O. The summed E-state index contributed by atoms with van der Waals surface area (Å²) in [5.41, 5.74) is -0.740. The van der Waals surface area contributed by atoms with Crippen molar-refractivity contribution in [1.82, 2.24) is 15.5 Å². The van der Waals surface area contributed by atoms with Crippen molar-refractivity contribution >= 4 is 17.5 Å². The van der Waals surface area contributed by atoms with E-state index >= 15 is 0 Å². The molecule has 2 aliphatic rings. The van der Waals surface area contributed by atoms with Crippen LogP contribution in [0.2, 0.25) is 0 Å². The molecule has 3 rings (SSSR count). The number of rotatable bonds is 6. The van der Waals surface area contributed by atoms with Crippen LogP contribution in [0.3, 0.4) is 0 Å². The second kappa shape index (κ2) is 8.83. The molecule has 2 fully saturated rings. The van der Waals surface area contributed by atoms with E-state index < -0.39 is 35.4 Å². The number of carbonyl (C=O) groups excluding carboxylic acids is 2. The molecule has 0 aliphatic carbocycles. The highest BCUT2D eigenvalue weighted by Crippen LogP contribution is 2.27. The Morgan fingerprint density at radius 2 is 2.00 bits per heavy atom. The minimum Gasteiger partial charge on any atom is -0.382 e. The molecule has 2 saturated heterocycles. The number of hydrogen-bond acceptors (Lipinski definition) is 6. The number of aliphatic hydroxyl groups excluding tert-OH is 1. The maximum Gasteiger partial charge on any atom is 0.245 e. The van der Waals surface area contributed by atoms with Crippen LogP contribution in [0.25, 0.3) is 0 Å². The predicted molar refractivity (Wildman–Crippen MR) is 105 cm³/mol. The quantitative estimate of drug-likeness (QED) is 0.610. The third kappa shape index (κ3) is 4.55. The summed E-state index contributed by atoms with van der Waals surface area (Å²) in [6, 6.07) is 3.25. The molecular formula is C20H28F2N4O4. The largest absolute Gasteiger partial charge is 0.382 e. The molecule has 166 valence electrons. The highest BCUT2D eigenvalue weighted by Gasteiger charge is 2.48. The number of aliphatic hydroxyl groups is 1. The number of halogens is 2. The van der Waals surface area contributed by atoms with Crippen LogP contribution >= 0.6 is 0 Å². The molecule has 0 bridgehead atoms. The van der Waals surface area contributed by atoms with Crippen molar-refractivity contribution in [3.63, 3.8) is 0 Å². The number of hydrogen-bond donors (Lipinski definition) is 3. The number of piperazine rings is 1. The van der Waals surface area contributed by atoms with Crippen LogP contribution in [-0.2, 0) is 14.3 Å². The van der Waals surface area contributed by atoms with Gasteiger partial charge in [-0.1, -0.05) is 6.92 Å². The van der Waals surface area contributed by atoms with Gasteiger partial charge in [-0.2, -0.15) is 0 Å². The Bertz CT molecular complexity index is 791. The van der Waals surface area contributed by atoms with Gasteiger partial charge in [0.2, 0.25) is 11.8 Å². The lowest BCUT2D eigenvalue weighted by atomic mass is 9.87. The van der Waals surface area contributed by atoms with E-state index in [1.807, 2.05) is 11.8 Å². The smallest absolute Gasteiger partial charge is 0.245 e. The van der Waals surface area contributed by atoms with Gasteiger partial charge in [0.1, 0.15) is 17.2 Å². The fourth-order valence-corrected chi connectivity index (χ4v) is 4.36. The van der Waals surface area contributed by atoms with E-state index in [9.17, 15) is 23.5 Å². The van der Waals surface area contributed by atoms with Crippen LogP contribution in [0.15, 0.2) is 18.2 Å². The van der Waals surface area contributed by atoms with Gasteiger partial charge in [0.05, 0.1) is 6.61 Å². The number of methoxy groups -OCH3 is 1. The van der Waals surface area contributed by atoms with E-state index in [-0.39, 0.29) is 25.0 Å². The predicted octanol–water partition coefficient (Wildman–Crippen LogP) is 0.409. The van der Waals surface area contributed by atoms with E-state index in [1.54, 1.807) is 11.8 Å². The summed E-state index contributed by atoms with van der Waals surface area (Å²) in [6.07, 6.45) is -1.03. The first kappa shape index (κ1) is 22.4. The lowest BCUT2D eigenvalue weighted by molar-refractivity contribution is -0.137. The molecule has 0 radical (unpaired) electrons. The van der Waals surface area contributed by atoms with Crippen LogP contribution in [0.4, 0.5) is 14.5 Å². The summed E-state index contributed by atoms with van der Waals surface area (Å²) in [5.74, 6) is -2.33. The first-order valence-corrected chi connectivity index (χ1v) is 9.92. The molecule has 0 spiro atoms. The first-order valence-electron chi connectivity index (χ1n) is 9.92. The highest BCUT2D eigenvalue weighted by molar-refractivity contribution is 5.90. The minimum atomic E-state index is -1.19. The van der Waals surface area contributed by atoms with Gasteiger partial charge in [0.15, 0.2) is 6.35 Å². The Hall–Kier alpha value is -2.30. The Kier molecular flexibility index (Phi) is 6.59. The highest BCUT2D eigenvalue weighted by atomic mass is 19.1. The fourth-order valence-electron chi connectivity index (χ4n) is 4.36. The second-order valence-corrected chi connectivity index (χ2v) is 8.09. The number of carbonyl (C=O) groups is 2. The topological polar surface area (TPSA) is 94.1 Å². The van der Waals surface area contributed by atoms with E-state index in [4.69, 9.17) is 4.74 Å². The first-order chi connectivity index (χ1) is 14.1. The molecule has 2 heterocycles. The molecular weight excluding hydrogens is 398 g/mol. The lowest BCUT2D eigenvalue weighted by Crippen LogP contribution is -2.57. The zero-order valence-electron chi connectivity index (χ0n) is 17.3. The zero-order chi connectivity index (χ0) is 22.1. The van der Waals surface area contributed by atoms with Gasteiger partial charge in [-0.05, 0) is 25.5 Å². The van der Waals surface area contributed by atoms with Gasteiger partial charge in [0, 0.05) is 50.5 Å². The van der Waals surface area contributed by atoms with Crippen LogP contribution in [-0.4, -0.2) is 73.1 Å². The van der Waals surface area contributed by atoms with Crippen molar-refractivity contribution in [2.24, 2.45) is 5.92 Å². The number of ether oxygens (including phenoxy) is 1. The standard InChI is InChI=1S/C20H28F2N4O4/c1-12(9-20(11-30-3)18(28)23-19(29)24-20)17(27)25-4-5-26(13(2)10-25)16-7-14(21)6-15(22)8-16/h6-8,12-13,19,24,29H,4-5,9-11H2,1-3H3,(H,23,28)/t12?,13-,19?,20?/m0/s1. The Balaban J connectivity index is 1.65. The molecule has 30 heavy (non-hydrogen) atoms. The Morgan fingerprint density at radius 3 is 2.53 bits per heavy atom. The lowest BCUT2D eigenvalue weighted by Gasteiger charge is -2.42. The van der Waals surface area contributed by atoms with E-state index in [2.05, 4.69) is 10.6 Å². The van der Waals surface area contributed by atoms with Gasteiger partial charge in [-0.15, -0.1) is 0 Å². The average Bonchev–Trinajstić information content (AvgIpc) is 2.93. The third-order valence-electron chi connectivity index (χ3n) is 5.70. The van der Waals surface area contributed by atoms with Crippen molar-refractivity contribution in [3.05, 3.63) is 29.8 Å². The summed E-state index contributed by atoms with van der Waals surface area (Å²) in [6.45, 7) is 4.86. The maximum absolute atomic E-state index is 13.6. The molecule has 4 atom stereocenters. The summed E-state index contributed by atoms with van der Waals surface area (Å²) >= 11 is 0. The van der Waals surface area contributed by atoms with E-state index in [1.165, 1.54) is 19.2 Å². The average molecular weight is 426 g/mol. The molecule has 1 aromatic carbocycles. The van der Waals surface area contributed by atoms with Crippen LogP contribution < -0.4 is 15.5 Å². The molecule has 3 unspecified atom stereocenters. The van der Waals surface area contributed by atoms with E-state index in [0.29, 0.717) is 25.3 Å². The van der Waals surface area contributed by atoms with E-state index in [0.717, 1.165) is 6.07 Å². The van der Waals surface area contributed by atoms with Crippen LogP contribution in [0.5, 0.6) is 0 Å². The third-order valence-corrected chi connectivity index (χ3v) is 5.70. The Morgan fingerprint density at radius 1 is 1.33 bits per heavy atom. The molecule has 10 heteroatoms. The molecule has 0 aromatic heterocycles. The molecule has 1 aromatic rings. The molecule has 8 nitrogen and oxygen atoms in total. The summed E-state index contributed by atoms with van der Waals surface area (Å²) in [4.78, 5) is 28.9. The monoisotopic (exact) mass is 426 g/mol. The van der Waals surface area contributed by atoms with Crippen molar-refractivity contribution < 1.29 is 28.2 Å². The van der Waals surface area contributed by atoms with Crippen molar-refractivity contribution in [3.8, 4) is 0 Å². The van der Waals surface area contributed by atoms with Crippen molar-refractivity contribution in [1.29, 1.82) is 0 Å². The van der Waals surface area contributed by atoms with Gasteiger partial charge < -0.3 is 25.0 Å². The number of benzene rings is 1. The molecule has 3 N–H and O–H groups in total. The maximum atomic E-state index is 13.6. The summed E-state index contributed by atoms with van der Waals surface area (Å²) in [7, 11) is 1.45. The molecule has 2 aliphatic heterocycles. The number of nitrogens with one attached hydrogen (secondary N) is 2. The number of anilines is 1. The fraction of sp³-hybridized carbons (Fsp3) is 0.600.